The summed E-state index contributed by atoms with van der Waals surface area (Å²) in [6.07, 6.45) is 2.84. The molecule has 0 bridgehead atoms. The first-order valence-electron chi connectivity index (χ1n) is 5.30. The van der Waals surface area contributed by atoms with Crippen molar-refractivity contribution in [2.75, 3.05) is 38.6 Å². The normalized spacial score (nSPS) is 18.1. The van der Waals surface area contributed by atoms with Crippen LogP contribution in [0.15, 0.2) is 6.20 Å². The van der Waals surface area contributed by atoms with Crippen LogP contribution >= 0.6 is 0 Å². The second-order valence-electron chi connectivity index (χ2n) is 3.71. The topological polar surface area (TPSA) is 69.2 Å². The molecule has 0 atom stereocenters. The molecule has 0 unspecified atom stereocenters. The SMILES string of the molecule is Nc1cn(CCCN2CCOCC2)nn1. The van der Waals surface area contributed by atoms with Gasteiger partial charge in [-0.1, -0.05) is 5.21 Å². The summed E-state index contributed by atoms with van der Waals surface area (Å²) in [7, 11) is 0. The third kappa shape index (κ3) is 3.17. The minimum atomic E-state index is 0.487. The third-order valence-electron chi connectivity index (χ3n) is 2.52. The summed E-state index contributed by atoms with van der Waals surface area (Å²) in [5, 5.41) is 7.64. The van der Waals surface area contributed by atoms with Gasteiger partial charge in [0.25, 0.3) is 0 Å². The van der Waals surface area contributed by atoms with E-state index in [4.69, 9.17) is 10.5 Å². The first kappa shape index (κ1) is 10.4. The van der Waals surface area contributed by atoms with E-state index in [1.165, 1.54) is 0 Å². The molecule has 0 amide bonds. The molecule has 6 heteroatoms. The number of aromatic nitrogens is 3. The van der Waals surface area contributed by atoms with E-state index in [1.54, 1.807) is 10.9 Å². The van der Waals surface area contributed by atoms with E-state index in [-0.39, 0.29) is 0 Å². The van der Waals surface area contributed by atoms with Crippen molar-refractivity contribution >= 4 is 5.82 Å². The molecule has 2 N–H and O–H groups in total. The summed E-state index contributed by atoms with van der Waals surface area (Å²) in [5.41, 5.74) is 5.47. The molecule has 0 spiro atoms. The van der Waals surface area contributed by atoms with E-state index < -0.39 is 0 Å². The highest BCUT2D eigenvalue weighted by Gasteiger charge is 2.09. The van der Waals surface area contributed by atoms with Gasteiger partial charge in [0.2, 0.25) is 0 Å². The summed E-state index contributed by atoms with van der Waals surface area (Å²) < 4.78 is 7.07. The fourth-order valence-electron chi connectivity index (χ4n) is 1.70. The van der Waals surface area contributed by atoms with Gasteiger partial charge in [-0.25, -0.2) is 0 Å². The summed E-state index contributed by atoms with van der Waals surface area (Å²) in [6, 6.07) is 0. The van der Waals surface area contributed by atoms with Gasteiger partial charge >= 0.3 is 0 Å². The van der Waals surface area contributed by atoms with E-state index in [9.17, 15) is 0 Å². The van der Waals surface area contributed by atoms with Gasteiger partial charge in [-0.3, -0.25) is 9.58 Å². The fraction of sp³-hybridized carbons (Fsp3) is 0.778. The Morgan fingerprint density at radius 2 is 2.13 bits per heavy atom. The molecular formula is C9H17N5O. The second-order valence-corrected chi connectivity index (χ2v) is 3.71. The number of morpholine rings is 1. The minimum absolute atomic E-state index is 0.487. The van der Waals surface area contributed by atoms with Gasteiger partial charge in [0, 0.05) is 26.2 Å². The molecule has 0 saturated carbocycles. The van der Waals surface area contributed by atoms with Crippen LogP contribution in [0.5, 0.6) is 0 Å². The van der Waals surface area contributed by atoms with Crippen LogP contribution in [0.25, 0.3) is 0 Å². The van der Waals surface area contributed by atoms with Gasteiger partial charge in [0.15, 0.2) is 5.82 Å². The zero-order valence-corrected chi connectivity index (χ0v) is 8.80. The lowest BCUT2D eigenvalue weighted by Crippen LogP contribution is -2.37. The van der Waals surface area contributed by atoms with Gasteiger partial charge in [0.05, 0.1) is 19.4 Å². The predicted octanol–water partition coefficient (Wildman–Crippen LogP) is -0.417. The molecule has 2 heterocycles. The zero-order chi connectivity index (χ0) is 10.5. The smallest absolute Gasteiger partial charge is 0.165 e. The number of hydrogen-bond acceptors (Lipinski definition) is 5. The molecule has 1 aliphatic rings. The molecular weight excluding hydrogens is 194 g/mol. The van der Waals surface area contributed by atoms with Gasteiger partial charge in [-0.15, -0.1) is 5.10 Å². The molecule has 0 radical (unpaired) electrons. The Balaban J connectivity index is 1.65. The monoisotopic (exact) mass is 211 g/mol. The number of nitrogens with zero attached hydrogens (tertiary/aromatic N) is 4. The van der Waals surface area contributed by atoms with Crippen molar-refractivity contribution in [2.45, 2.75) is 13.0 Å². The highest BCUT2D eigenvalue weighted by atomic mass is 16.5. The lowest BCUT2D eigenvalue weighted by atomic mass is 10.3. The first-order valence-corrected chi connectivity index (χ1v) is 5.30. The van der Waals surface area contributed by atoms with Crippen molar-refractivity contribution in [2.24, 2.45) is 0 Å². The number of hydrogen-bond donors (Lipinski definition) is 1. The molecule has 6 nitrogen and oxygen atoms in total. The van der Waals surface area contributed by atoms with Crippen LogP contribution in [0.1, 0.15) is 6.42 Å². The highest BCUT2D eigenvalue weighted by molar-refractivity contribution is 5.19. The largest absolute Gasteiger partial charge is 0.381 e. The number of rotatable bonds is 4. The highest BCUT2D eigenvalue weighted by Crippen LogP contribution is 2.00. The van der Waals surface area contributed by atoms with E-state index in [1.807, 2.05) is 0 Å². The maximum atomic E-state index is 5.47. The van der Waals surface area contributed by atoms with Crippen LogP contribution < -0.4 is 5.73 Å². The zero-order valence-electron chi connectivity index (χ0n) is 8.80. The van der Waals surface area contributed by atoms with Gasteiger partial charge < -0.3 is 10.5 Å². The lowest BCUT2D eigenvalue weighted by Gasteiger charge is -2.26. The van der Waals surface area contributed by atoms with Gasteiger partial charge in [0.1, 0.15) is 0 Å². The van der Waals surface area contributed by atoms with Crippen LogP contribution in [-0.4, -0.2) is 52.7 Å². The Kier molecular flexibility index (Phi) is 3.52. The van der Waals surface area contributed by atoms with Crippen molar-refractivity contribution in [1.82, 2.24) is 19.9 Å². The summed E-state index contributed by atoms with van der Waals surface area (Å²) >= 11 is 0. The molecule has 2 rings (SSSR count). The summed E-state index contributed by atoms with van der Waals surface area (Å²) in [6.45, 7) is 5.76. The van der Waals surface area contributed by atoms with E-state index >= 15 is 0 Å². The van der Waals surface area contributed by atoms with Crippen molar-refractivity contribution in [3.05, 3.63) is 6.20 Å². The molecule has 1 fully saturated rings. The fourth-order valence-corrected chi connectivity index (χ4v) is 1.70. The Morgan fingerprint density at radius 1 is 1.33 bits per heavy atom. The molecule has 0 aromatic carbocycles. The van der Waals surface area contributed by atoms with Crippen molar-refractivity contribution in [1.29, 1.82) is 0 Å². The van der Waals surface area contributed by atoms with Crippen molar-refractivity contribution in [3.8, 4) is 0 Å². The lowest BCUT2D eigenvalue weighted by molar-refractivity contribution is 0.0368. The molecule has 1 aromatic rings. The molecule has 1 aliphatic heterocycles. The van der Waals surface area contributed by atoms with Crippen LogP contribution in [-0.2, 0) is 11.3 Å². The molecule has 15 heavy (non-hydrogen) atoms. The van der Waals surface area contributed by atoms with Crippen LogP contribution in [0.3, 0.4) is 0 Å². The number of aryl methyl sites for hydroxylation is 1. The maximum absolute atomic E-state index is 5.47. The van der Waals surface area contributed by atoms with Crippen LogP contribution in [0.4, 0.5) is 5.82 Å². The van der Waals surface area contributed by atoms with Gasteiger partial charge in [-0.2, -0.15) is 0 Å². The van der Waals surface area contributed by atoms with Gasteiger partial charge in [-0.05, 0) is 6.42 Å². The predicted molar refractivity (Wildman–Crippen MR) is 56.3 cm³/mol. The van der Waals surface area contributed by atoms with E-state index in [2.05, 4.69) is 15.2 Å². The summed E-state index contributed by atoms with van der Waals surface area (Å²) in [5.74, 6) is 0.487. The molecule has 1 aromatic heterocycles. The Labute approximate surface area is 89.0 Å². The number of anilines is 1. The average Bonchev–Trinajstić information content (AvgIpc) is 2.66. The molecule has 1 saturated heterocycles. The van der Waals surface area contributed by atoms with E-state index in [0.717, 1.165) is 45.8 Å². The number of nitrogens with two attached hydrogens (primary N) is 1. The number of ether oxygens (including phenoxy) is 1. The number of nitrogen functional groups attached to an aromatic ring is 1. The molecule has 84 valence electrons. The Morgan fingerprint density at radius 3 is 2.80 bits per heavy atom. The third-order valence-corrected chi connectivity index (χ3v) is 2.52. The van der Waals surface area contributed by atoms with Crippen molar-refractivity contribution < 1.29 is 4.74 Å². The van der Waals surface area contributed by atoms with Crippen LogP contribution in [0, 0.1) is 0 Å². The standard InChI is InChI=1S/C9H17N5O/c10-9-8-14(12-11-9)3-1-2-13-4-6-15-7-5-13/h8H,1-7,10H2. The first-order chi connectivity index (χ1) is 7.34. The molecule has 0 aliphatic carbocycles. The Bertz CT molecular complexity index is 294. The second kappa shape index (κ2) is 5.09. The van der Waals surface area contributed by atoms with Crippen molar-refractivity contribution in [3.63, 3.8) is 0 Å². The van der Waals surface area contributed by atoms with Crippen LogP contribution in [0.2, 0.25) is 0 Å². The maximum Gasteiger partial charge on any atom is 0.165 e. The average molecular weight is 211 g/mol. The summed E-state index contributed by atoms with van der Waals surface area (Å²) in [4.78, 5) is 2.41. The van der Waals surface area contributed by atoms with E-state index in [0.29, 0.717) is 5.82 Å². The minimum Gasteiger partial charge on any atom is -0.381 e. The Hall–Kier alpha value is -1.14. The quantitative estimate of drug-likeness (QED) is 0.732.